The summed E-state index contributed by atoms with van der Waals surface area (Å²) in [6, 6.07) is 16.8. The molecule has 6 heteroatoms. The van der Waals surface area contributed by atoms with Crippen molar-refractivity contribution in [2.45, 2.75) is 13.8 Å². The molecule has 1 aromatic heterocycles. The van der Waals surface area contributed by atoms with E-state index < -0.39 is 0 Å². The van der Waals surface area contributed by atoms with Crippen LogP contribution in [0.3, 0.4) is 0 Å². The van der Waals surface area contributed by atoms with Gasteiger partial charge in [-0.05, 0) is 30.2 Å². The Morgan fingerprint density at radius 1 is 1.23 bits per heavy atom. The zero-order valence-electron chi connectivity index (χ0n) is 14.7. The molecule has 3 aromatic rings. The summed E-state index contributed by atoms with van der Waals surface area (Å²) in [4.78, 5) is 19.1. The number of aromatic nitrogens is 1. The van der Waals surface area contributed by atoms with E-state index in [1.807, 2.05) is 24.3 Å². The van der Waals surface area contributed by atoms with Crippen LogP contribution in [-0.2, 0) is 4.79 Å². The number of hydrogen-bond acceptors (Lipinski definition) is 5. The van der Waals surface area contributed by atoms with E-state index in [9.17, 15) is 4.79 Å². The number of carbonyl (C=O) groups is 1. The van der Waals surface area contributed by atoms with Gasteiger partial charge in [-0.25, -0.2) is 4.98 Å². The molecule has 2 aromatic carbocycles. The van der Waals surface area contributed by atoms with Crippen LogP contribution >= 0.6 is 11.3 Å². The van der Waals surface area contributed by atoms with Gasteiger partial charge in [0.15, 0.2) is 11.7 Å². The first kappa shape index (κ1) is 17.9. The number of benzene rings is 2. The van der Waals surface area contributed by atoms with Crippen molar-refractivity contribution in [1.82, 2.24) is 4.98 Å². The van der Waals surface area contributed by atoms with Gasteiger partial charge in [-0.2, -0.15) is 5.26 Å². The third kappa shape index (κ3) is 4.01. The average Bonchev–Trinajstić information content (AvgIpc) is 3.08. The molecule has 5 nitrogen and oxygen atoms in total. The number of para-hydroxylation sites is 2. The second-order valence-corrected chi connectivity index (χ2v) is 7.27. The lowest BCUT2D eigenvalue weighted by Crippen LogP contribution is -2.37. The minimum atomic E-state index is -0.175. The van der Waals surface area contributed by atoms with Gasteiger partial charge in [0.1, 0.15) is 11.8 Å². The molecule has 0 aliphatic carbocycles. The minimum Gasteiger partial charge on any atom is -0.482 e. The highest BCUT2D eigenvalue weighted by Gasteiger charge is 2.21. The predicted octanol–water partition coefficient (Wildman–Crippen LogP) is 4.24. The molecule has 0 saturated heterocycles. The molecule has 0 aliphatic rings. The molecule has 0 atom stereocenters. The highest BCUT2D eigenvalue weighted by Crippen LogP contribution is 2.29. The van der Waals surface area contributed by atoms with E-state index in [2.05, 4.69) is 24.9 Å². The van der Waals surface area contributed by atoms with Gasteiger partial charge in [-0.15, -0.1) is 0 Å². The summed E-state index contributed by atoms with van der Waals surface area (Å²) in [6.45, 7) is 4.53. The third-order valence-corrected chi connectivity index (χ3v) is 4.78. The van der Waals surface area contributed by atoms with Crippen molar-refractivity contribution in [2.24, 2.45) is 5.92 Å². The SMILES string of the molecule is CC(C)CN(C(=O)COc1ccccc1C#N)c1nc2ccccc2s1. The Labute approximate surface area is 156 Å². The summed E-state index contributed by atoms with van der Waals surface area (Å²) in [5, 5.41) is 9.81. The van der Waals surface area contributed by atoms with E-state index in [4.69, 9.17) is 10.00 Å². The van der Waals surface area contributed by atoms with E-state index in [0.29, 0.717) is 23.0 Å². The monoisotopic (exact) mass is 365 g/mol. The maximum Gasteiger partial charge on any atom is 0.266 e. The summed E-state index contributed by atoms with van der Waals surface area (Å²) in [6.07, 6.45) is 0. The number of hydrogen-bond donors (Lipinski definition) is 0. The number of anilines is 1. The van der Waals surface area contributed by atoms with Gasteiger partial charge in [0.2, 0.25) is 0 Å². The molecule has 0 spiro atoms. The Bertz CT molecular complexity index is 926. The van der Waals surface area contributed by atoms with E-state index in [-0.39, 0.29) is 18.4 Å². The molecular formula is C20H19N3O2S. The lowest BCUT2D eigenvalue weighted by molar-refractivity contribution is -0.120. The van der Waals surface area contributed by atoms with E-state index in [1.165, 1.54) is 11.3 Å². The molecule has 3 rings (SSSR count). The molecule has 0 unspecified atom stereocenters. The summed E-state index contributed by atoms with van der Waals surface area (Å²) in [7, 11) is 0. The lowest BCUT2D eigenvalue weighted by Gasteiger charge is -2.22. The van der Waals surface area contributed by atoms with Crippen molar-refractivity contribution in [2.75, 3.05) is 18.1 Å². The first-order valence-electron chi connectivity index (χ1n) is 8.36. The molecule has 0 radical (unpaired) electrons. The number of nitrogens with zero attached hydrogens (tertiary/aromatic N) is 3. The first-order chi connectivity index (χ1) is 12.6. The Hall–Kier alpha value is -2.91. The van der Waals surface area contributed by atoms with E-state index in [1.54, 1.807) is 29.2 Å². The number of amides is 1. The topological polar surface area (TPSA) is 66.2 Å². The molecule has 0 bridgehead atoms. The summed E-state index contributed by atoms with van der Waals surface area (Å²) >= 11 is 1.49. The molecule has 0 aliphatic heterocycles. The number of rotatable bonds is 6. The number of nitriles is 1. The summed E-state index contributed by atoms with van der Waals surface area (Å²) < 4.78 is 6.65. The first-order valence-corrected chi connectivity index (χ1v) is 9.18. The van der Waals surface area contributed by atoms with Crippen molar-refractivity contribution in [3.8, 4) is 11.8 Å². The number of ether oxygens (including phenoxy) is 1. The van der Waals surface area contributed by atoms with Crippen LogP contribution in [-0.4, -0.2) is 24.0 Å². The largest absolute Gasteiger partial charge is 0.482 e. The Morgan fingerprint density at radius 3 is 2.69 bits per heavy atom. The van der Waals surface area contributed by atoms with Crippen molar-refractivity contribution in [1.29, 1.82) is 5.26 Å². The number of thiazole rings is 1. The van der Waals surface area contributed by atoms with Crippen LogP contribution in [0.4, 0.5) is 5.13 Å². The molecule has 132 valence electrons. The minimum absolute atomic E-state index is 0.138. The fourth-order valence-corrected chi connectivity index (χ4v) is 3.52. The molecule has 26 heavy (non-hydrogen) atoms. The van der Waals surface area contributed by atoms with Crippen LogP contribution < -0.4 is 9.64 Å². The van der Waals surface area contributed by atoms with Crippen LogP contribution in [0, 0.1) is 17.2 Å². The quantitative estimate of drug-likeness (QED) is 0.655. The van der Waals surface area contributed by atoms with Crippen molar-refractivity contribution in [3.05, 3.63) is 54.1 Å². The molecule has 1 amide bonds. The Morgan fingerprint density at radius 2 is 1.96 bits per heavy atom. The van der Waals surface area contributed by atoms with Gasteiger partial charge in [0.05, 0.1) is 15.8 Å². The number of carbonyl (C=O) groups excluding carboxylic acids is 1. The molecule has 0 fully saturated rings. The normalized spacial score (nSPS) is 10.7. The standard InChI is InChI=1S/C20H19N3O2S/c1-14(2)12-23(20-22-16-8-4-6-10-18(16)26-20)19(24)13-25-17-9-5-3-7-15(17)11-21/h3-10,14H,12-13H2,1-2H3. The lowest BCUT2D eigenvalue weighted by atomic mass is 10.2. The van der Waals surface area contributed by atoms with Gasteiger partial charge >= 0.3 is 0 Å². The maximum absolute atomic E-state index is 12.8. The predicted molar refractivity (Wildman–Crippen MR) is 103 cm³/mol. The fourth-order valence-electron chi connectivity index (χ4n) is 2.53. The maximum atomic E-state index is 12.8. The summed E-state index contributed by atoms with van der Waals surface area (Å²) in [5.74, 6) is 0.528. The van der Waals surface area contributed by atoms with Gasteiger partial charge in [0, 0.05) is 6.54 Å². The highest BCUT2D eigenvalue weighted by atomic mass is 32.1. The van der Waals surface area contributed by atoms with Crippen molar-refractivity contribution < 1.29 is 9.53 Å². The molecule has 0 N–H and O–H groups in total. The van der Waals surface area contributed by atoms with Crippen LogP contribution in [0.15, 0.2) is 48.5 Å². The molecule has 1 heterocycles. The molecular weight excluding hydrogens is 346 g/mol. The van der Waals surface area contributed by atoms with Gasteiger partial charge in [-0.1, -0.05) is 49.4 Å². The zero-order chi connectivity index (χ0) is 18.5. The van der Waals surface area contributed by atoms with Crippen LogP contribution in [0.5, 0.6) is 5.75 Å². The fraction of sp³-hybridized carbons (Fsp3) is 0.250. The van der Waals surface area contributed by atoms with Crippen LogP contribution in [0.2, 0.25) is 0 Å². The smallest absolute Gasteiger partial charge is 0.266 e. The third-order valence-electron chi connectivity index (χ3n) is 3.72. The second kappa shape index (κ2) is 7.98. The van der Waals surface area contributed by atoms with E-state index in [0.717, 1.165) is 10.2 Å². The van der Waals surface area contributed by atoms with Crippen LogP contribution in [0.25, 0.3) is 10.2 Å². The van der Waals surface area contributed by atoms with Crippen LogP contribution in [0.1, 0.15) is 19.4 Å². The van der Waals surface area contributed by atoms with E-state index >= 15 is 0 Å². The summed E-state index contributed by atoms with van der Waals surface area (Å²) in [5.41, 5.74) is 1.29. The van der Waals surface area contributed by atoms with Crippen molar-refractivity contribution in [3.63, 3.8) is 0 Å². The number of fused-ring (bicyclic) bond motifs is 1. The zero-order valence-corrected chi connectivity index (χ0v) is 15.5. The average molecular weight is 365 g/mol. The highest BCUT2D eigenvalue weighted by molar-refractivity contribution is 7.22. The Kier molecular flexibility index (Phi) is 5.49. The van der Waals surface area contributed by atoms with Gasteiger partial charge in [-0.3, -0.25) is 9.69 Å². The van der Waals surface area contributed by atoms with Gasteiger partial charge in [0.25, 0.3) is 5.91 Å². The van der Waals surface area contributed by atoms with Crippen molar-refractivity contribution >= 4 is 32.6 Å². The van der Waals surface area contributed by atoms with Gasteiger partial charge < -0.3 is 4.74 Å². The second-order valence-electron chi connectivity index (χ2n) is 6.26. The molecule has 0 saturated carbocycles. The Balaban J connectivity index is 1.81.